The highest BCUT2D eigenvalue weighted by atomic mass is 32.2. The third kappa shape index (κ3) is 4.20. The number of aromatic nitrogens is 1. The maximum atomic E-state index is 12.6. The molecule has 2 unspecified atom stereocenters. The maximum Gasteiger partial charge on any atom is 0.268 e. The first-order valence-electron chi connectivity index (χ1n) is 8.29. The Balaban J connectivity index is 1.65. The summed E-state index contributed by atoms with van der Waals surface area (Å²) in [6.07, 6.45) is 8.82. The summed E-state index contributed by atoms with van der Waals surface area (Å²) in [5.41, 5.74) is 1.96. The number of rotatable bonds is 5. The van der Waals surface area contributed by atoms with Crippen LogP contribution in [0.2, 0.25) is 0 Å². The summed E-state index contributed by atoms with van der Waals surface area (Å²) >= 11 is 1.92. The second-order valence-corrected chi connectivity index (χ2v) is 7.34. The van der Waals surface area contributed by atoms with Gasteiger partial charge in [0.05, 0.1) is 0 Å². The van der Waals surface area contributed by atoms with Crippen LogP contribution in [0.4, 0.5) is 0 Å². The van der Waals surface area contributed by atoms with Gasteiger partial charge in [0.2, 0.25) is 0 Å². The van der Waals surface area contributed by atoms with E-state index in [9.17, 15) is 4.79 Å². The highest BCUT2D eigenvalue weighted by Crippen LogP contribution is 2.27. The van der Waals surface area contributed by atoms with E-state index in [0.29, 0.717) is 11.3 Å². The third-order valence-electron chi connectivity index (χ3n) is 4.55. The molecule has 3 nitrogen and oxygen atoms in total. The van der Waals surface area contributed by atoms with Crippen molar-refractivity contribution in [1.29, 1.82) is 0 Å². The van der Waals surface area contributed by atoms with E-state index in [4.69, 9.17) is 0 Å². The Bertz CT molecular complexity index is 638. The molecule has 0 saturated heterocycles. The van der Waals surface area contributed by atoms with Crippen LogP contribution in [0.25, 0.3) is 0 Å². The van der Waals surface area contributed by atoms with E-state index in [-0.39, 0.29) is 5.91 Å². The van der Waals surface area contributed by atoms with Gasteiger partial charge in [-0.25, -0.2) is 0 Å². The normalized spacial score (nSPS) is 21.1. The molecular formula is C19H24N2OS. The predicted molar refractivity (Wildman–Crippen MR) is 97.0 cm³/mol. The molecule has 0 aliphatic heterocycles. The summed E-state index contributed by atoms with van der Waals surface area (Å²) in [5, 5.41) is 3.92. The van der Waals surface area contributed by atoms with Crippen molar-refractivity contribution in [1.82, 2.24) is 9.88 Å². The van der Waals surface area contributed by atoms with Crippen molar-refractivity contribution in [3.63, 3.8) is 0 Å². The van der Waals surface area contributed by atoms with E-state index in [0.717, 1.165) is 25.1 Å². The van der Waals surface area contributed by atoms with Gasteiger partial charge >= 0.3 is 0 Å². The molecule has 1 N–H and O–H groups in total. The van der Waals surface area contributed by atoms with E-state index in [1.165, 1.54) is 18.4 Å². The van der Waals surface area contributed by atoms with Crippen LogP contribution >= 0.6 is 11.8 Å². The van der Waals surface area contributed by atoms with Gasteiger partial charge in [0.15, 0.2) is 0 Å². The summed E-state index contributed by atoms with van der Waals surface area (Å²) in [4.78, 5) is 12.6. The summed E-state index contributed by atoms with van der Waals surface area (Å²) in [5.74, 6) is 0.0534. The minimum Gasteiger partial charge on any atom is -0.348 e. The van der Waals surface area contributed by atoms with Gasteiger partial charge in [-0.15, -0.1) is 0 Å². The second-order valence-electron chi connectivity index (χ2n) is 6.20. The van der Waals surface area contributed by atoms with Gasteiger partial charge in [-0.05, 0) is 43.2 Å². The van der Waals surface area contributed by atoms with E-state index < -0.39 is 0 Å². The minimum absolute atomic E-state index is 0.0534. The molecule has 1 heterocycles. The predicted octanol–water partition coefficient (Wildman–Crippen LogP) is 3.94. The number of nitrogens with zero attached hydrogens (tertiary/aromatic N) is 1. The van der Waals surface area contributed by atoms with Crippen molar-refractivity contribution >= 4 is 17.7 Å². The van der Waals surface area contributed by atoms with Crippen molar-refractivity contribution < 1.29 is 4.79 Å². The number of benzene rings is 1. The van der Waals surface area contributed by atoms with Crippen LogP contribution in [0.15, 0.2) is 48.7 Å². The average Bonchev–Trinajstić information content (AvgIpc) is 3.04. The lowest BCUT2D eigenvalue weighted by molar-refractivity contribution is 0.0919. The van der Waals surface area contributed by atoms with Crippen LogP contribution in [0, 0.1) is 0 Å². The lowest BCUT2D eigenvalue weighted by Crippen LogP contribution is -2.39. The van der Waals surface area contributed by atoms with Crippen molar-refractivity contribution in [3.8, 4) is 0 Å². The maximum absolute atomic E-state index is 12.6. The molecule has 1 fully saturated rings. The molecule has 2 aromatic rings. The zero-order valence-corrected chi connectivity index (χ0v) is 14.4. The van der Waals surface area contributed by atoms with Crippen LogP contribution in [-0.2, 0) is 6.54 Å². The summed E-state index contributed by atoms with van der Waals surface area (Å²) in [6, 6.07) is 14.4. The topological polar surface area (TPSA) is 34.0 Å². The van der Waals surface area contributed by atoms with Gasteiger partial charge in [0.1, 0.15) is 5.69 Å². The van der Waals surface area contributed by atoms with Crippen LogP contribution in [0.3, 0.4) is 0 Å². The minimum atomic E-state index is 0.0534. The highest BCUT2D eigenvalue weighted by Gasteiger charge is 2.23. The summed E-state index contributed by atoms with van der Waals surface area (Å²) < 4.78 is 2.03. The van der Waals surface area contributed by atoms with Crippen LogP contribution in [-0.4, -0.2) is 28.0 Å². The number of amides is 1. The number of nitrogens with one attached hydrogen (secondary N) is 1. The molecule has 122 valence electrons. The molecule has 1 aliphatic carbocycles. The first kappa shape index (κ1) is 16.2. The molecule has 1 aromatic carbocycles. The fourth-order valence-corrected chi connectivity index (χ4v) is 4.11. The molecular weight excluding hydrogens is 304 g/mol. The lowest BCUT2D eigenvalue weighted by Gasteiger charge is -2.28. The Labute approximate surface area is 142 Å². The van der Waals surface area contributed by atoms with Crippen molar-refractivity contribution in [2.45, 2.75) is 43.5 Å². The molecule has 0 bridgehead atoms. The SMILES string of the molecule is CSC1CCCC(NC(=O)c2cccn2Cc2ccccc2)C1. The van der Waals surface area contributed by atoms with Gasteiger partial charge < -0.3 is 9.88 Å². The fourth-order valence-electron chi connectivity index (χ4n) is 3.29. The molecule has 2 atom stereocenters. The number of thioether (sulfide) groups is 1. The first-order chi connectivity index (χ1) is 11.3. The monoisotopic (exact) mass is 328 g/mol. The molecule has 1 aliphatic rings. The van der Waals surface area contributed by atoms with Crippen molar-refractivity contribution in [2.24, 2.45) is 0 Å². The number of hydrogen-bond acceptors (Lipinski definition) is 2. The third-order valence-corrected chi connectivity index (χ3v) is 5.65. The molecule has 23 heavy (non-hydrogen) atoms. The quantitative estimate of drug-likeness (QED) is 0.902. The Hall–Kier alpha value is -1.68. The van der Waals surface area contributed by atoms with E-state index in [1.807, 2.05) is 52.9 Å². The fraction of sp³-hybridized carbons (Fsp3) is 0.421. The van der Waals surface area contributed by atoms with E-state index >= 15 is 0 Å². The van der Waals surface area contributed by atoms with Crippen molar-refractivity contribution in [2.75, 3.05) is 6.26 Å². The van der Waals surface area contributed by atoms with Gasteiger partial charge in [-0.3, -0.25) is 4.79 Å². The molecule has 0 radical (unpaired) electrons. The van der Waals surface area contributed by atoms with Gasteiger partial charge in [0.25, 0.3) is 5.91 Å². The van der Waals surface area contributed by atoms with E-state index in [1.54, 1.807) is 0 Å². The smallest absolute Gasteiger partial charge is 0.268 e. The molecule has 3 rings (SSSR count). The Morgan fingerprint density at radius 2 is 2.04 bits per heavy atom. The largest absolute Gasteiger partial charge is 0.348 e. The van der Waals surface area contributed by atoms with Crippen molar-refractivity contribution in [3.05, 3.63) is 59.9 Å². The number of carbonyl (C=O) groups is 1. The van der Waals surface area contributed by atoms with Gasteiger partial charge in [0, 0.05) is 24.0 Å². The molecule has 4 heteroatoms. The molecule has 0 spiro atoms. The van der Waals surface area contributed by atoms with Gasteiger partial charge in [-0.2, -0.15) is 11.8 Å². The molecule has 1 aromatic heterocycles. The zero-order valence-electron chi connectivity index (χ0n) is 13.6. The summed E-state index contributed by atoms with van der Waals surface area (Å²) in [7, 11) is 0. The van der Waals surface area contributed by atoms with E-state index in [2.05, 4.69) is 23.7 Å². The highest BCUT2D eigenvalue weighted by molar-refractivity contribution is 7.99. The first-order valence-corrected chi connectivity index (χ1v) is 9.58. The molecule has 1 saturated carbocycles. The summed E-state index contributed by atoms with van der Waals surface area (Å²) in [6.45, 7) is 0.731. The zero-order chi connectivity index (χ0) is 16.1. The molecule has 1 amide bonds. The van der Waals surface area contributed by atoms with Crippen LogP contribution in [0.5, 0.6) is 0 Å². The second kappa shape index (κ2) is 7.73. The number of hydrogen-bond donors (Lipinski definition) is 1. The van der Waals surface area contributed by atoms with Crippen LogP contribution < -0.4 is 5.32 Å². The number of carbonyl (C=O) groups excluding carboxylic acids is 1. The Kier molecular flexibility index (Phi) is 5.44. The average molecular weight is 328 g/mol. The Morgan fingerprint density at radius 3 is 2.83 bits per heavy atom. The lowest BCUT2D eigenvalue weighted by atomic mass is 9.95. The van der Waals surface area contributed by atoms with Crippen LogP contribution in [0.1, 0.15) is 41.7 Å². The van der Waals surface area contributed by atoms with Gasteiger partial charge in [-0.1, -0.05) is 36.8 Å². The standard InChI is InChI=1S/C19H24N2OS/c1-23-17-10-5-9-16(13-17)20-19(22)18-11-6-12-21(18)14-15-7-3-2-4-8-15/h2-4,6-8,11-12,16-17H,5,9-10,13-14H2,1H3,(H,20,22). The Morgan fingerprint density at radius 1 is 1.22 bits per heavy atom.